The summed E-state index contributed by atoms with van der Waals surface area (Å²) in [5.41, 5.74) is 1.78. The Morgan fingerprint density at radius 2 is 1.87 bits per heavy atom. The Kier molecular flexibility index (Phi) is 7.52. The highest BCUT2D eigenvalue weighted by molar-refractivity contribution is 5.90. The van der Waals surface area contributed by atoms with Crippen molar-refractivity contribution in [2.75, 3.05) is 25.1 Å². The molecule has 0 aliphatic rings. The van der Waals surface area contributed by atoms with Crippen LogP contribution >= 0.6 is 0 Å². The monoisotopic (exact) mass is 322 g/mol. The zero-order valence-electron chi connectivity index (χ0n) is 14.8. The fourth-order valence-corrected chi connectivity index (χ4v) is 2.12. The van der Waals surface area contributed by atoms with Gasteiger partial charge in [0.25, 0.3) is 0 Å². The first-order valence-electron chi connectivity index (χ1n) is 8.10. The van der Waals surface area contributed by atoms with Crippen molar-refractivity contribution in [3.8, 4) is 0 Å². The first kappa shape index (κ1) is 19.5. The van der Waals surface area contributed by atoms with Gasteiger partial charge >= 0.3 is 6.03 Å². The molecule has 5 heteroatoms. The second-order valence-electron chi connectivity index (χ2n) is 7.22. The molecule has 0 saturated carbocycles. The van der Waals surface area contributed by atoms with Crippen LogP contribution in [0, 0.1) is 5.92 Å². The van der Waals surface area contributed by atoms with E-state index >= 15 is 0 Å². The lowest BCUT2D eigenvalue weighted by Crippen LogP contribution is -2.37. The van der Waals surface area contributed by atoms with Gasteiger partial charge in [0, 0.05) is 18.8 Å². The van der Waals surface area contributed by atoms with Crippen LogP contribution in [0.4, 0.5) is 10.5 Å². The zero-order valence-corrected chi connectivity index (χ0v) is 14.8. The molecule has 1 unspecified atom stereocenters. The van der Waals surface area contributed by atoms with Gasteiger partial charge in [0.1, 0.15) is 0 Å². The Balaban J connectivity index is 2.46. The van der Waals surface area contributed by atoms with Gasteiger partial charge in [-0.1, -0.05) is 52.8 Å². The number of urea groups is 1. The van der Waals surface area contributed by atoms with E-state index in [0.29, 0.717) is 12.5 Å². The Labute approximate surface area is 139 Å². The molecule has 1 atom stereocenters. The van der Waals surface area contributed by atoms with Crippen molar-refractivity contribution in [2.45, 2.75) is 46.1 Å². The van der Waals surface area contributed by atoms with Crippen molar-refractivity contribution in [3.63, 3.8) is 0 Å². The van der Waals surface area contributed by atoms with E-state index in [4.69, 9.17) is 4.74 Å². The summed E-state index contributed by atoms with van der Waals surface area (Å²) in [6, 6.07) is 7.40. The van der Waals surface area contributed by atoms with Crippen LogP contribution in [0.2, 0.25) is 0 Å². The Bertz CT molecular complexity index is 495. The lowest BCUT2D eigenvalue weighted by atomic mass is 9.86. The molecule has 0 aliphatic carbocycles. The number of nitrogens with one attached hydrogen (secondary N) is 2. The topological polar surface area (TPSA) is 70.6 Å². The van der Waals surface area contributed by atoms with E-state index in [1.165, 1.54) is 0 Å². The van der Waals surface area contributed by atoms with Crippen molar-refractivity contribution in [1.82, 2.24) is 5.32 Å². The molecule has 0 saturated heterocycles. The van der Waals surface area contributed by atoms with E-state index in [-0.39, 0.29) is 24.6 Å². The molecule has 0 aliphatic heterocycles. The zero-order chi connectivity index (χ0) is 17.5. The molecule has 1 aromatic carbocycles. The molecular weight excluding hydrogens is 292 g/mol. The van der Waals surface area contributed by atoms with Crippen molar-refractivity contribution in [2.24, 2.45) is 5.92 Å². The van der Waals surface area contributed by atoms with Gasteiger partial charge in [0.15, 0.2) is 0 Å². The third-order valence-electron chi connectivity index (χ3n) is 3.24. The number of hydrogen-bond donors (Lipinski definition) is 3. The summed E-state index contributed by atoms with van der Waals surface area (Å²) in [7, 11) is 0. The molecule has 0 heterocycles. The number of carbonyl (C=O) groups is 1. The molecule has 0 spiro atoms. The molecule has 130 valence electrons. The molecule has 0 bridgehead atoms. The molecular formula is C18H30N2O3. The van der Waals surface area contributed by atoms with E-state index < -0.39 is 6.10 Å². The lowest BCUT2D eigenvalue weighted by molar-refractivity contribution is 0.0274. The molecule has 0 fully saturated rings. The molecule has 0 radical (unpaired) electrons. The highest BCUT2D eigenvalue weighted by Gasteiger charge is 2.18. The number of benzene rings is 1. The van der Waals surface area contributed by atoms with Crippen LogP contribution in [-0.4, -0.2) is 37.0 Å². The van der Waals surface area contributed by atoms with Gasteiger partial charge in [-0.3, -0.25) is 0 Å². The molecule has 1 aromatic rings. The van der Waals surface area contributed by atoms with Crippen LogP contribution in [0.25, 0.3) is 0 Å². The summed E-state index contributed by atoms with van der Waals surface area (Å²) in [4.78, 5) is 12.0. The van der Waals surface area contributed by atoms with Gasteiger partial charge in [0.05, 0.1) is 12.7 Å². The predicted octanol–water partition coefficient (Wildman–Crippen LogP) is 3.14. The summed E-state index contributed by atoms with van der Waals surface area (Å²) in [6.07, 6.45) is -0.711. The number of ether oxygens (including phenoxy) is 1. The summed E-state index contributed by atoms with van der Waals surface area (Å²) < 4.78 is 5.35. The third kappa shape index (κ3) is 7.48. The van der Waals surface area contributed by atoms with Gasteiger partial charge in [-0.2, -0.15) is 0 Å². The van der Waals surface area contributed by atoms with Gasteiger partial charge in [-0.25, -0.2) is 4.79 Å². The fraction of sp³-hybridized carbons (Fsp3) is 0.611. The molecule has 0 aromatic heterocycles. The van der Waals surface area contributed by atoms with Crippen LogP contribution in [0.1, 0.15) is 40.2 Å². The maximum Gasteiger partial charge on any atom is 0.319 e. The highest BCUT2D eigenvalue weighted by Crippen LogP contribution is 2.29. The van der Waals surface area contributed by atoms with E-state index in [0.717, 1.165) is 11.3 Å². The minimum absolute atomic E-state index is 0.0614. The van der Waals surface area contributed by atoms with Crippen LogP contribution in [0.15, 0.2) is 24.3 Å². The third-order valence-corrected chi connectivity index (χ3v) is 3.24. The number of aliphatic hydroxyl groups excluding tert-OH is 1. The number of rotatable bonds is 7. The van der Waals surface area contributed by atoms with Gasteiger partial charge in [0.2, 0.25) is 0 Å². The van der Waals surface area contributed by atoms with Crippen LogP contribution in [-0.2, 0) is 10.2 Å². The number of amides is 2. The van der Waals surface area contributed by atoms with Gasteiger partial charge < -0.3 is 20.5 Å². The normalized spacial score (nSPS) is 13.0. The van der Waals surface area contributed by atoms with Crippen LogP contribution in [0.3, 0.4) is 0 Å². The fourth-order valence-electron chi connectivity index (χ4n) is 2.12. The summed E-state index contributed by atoms with van der Waals surface area (Å²) >= 11 is 0. The SMILES string of the molecule is CC(C)COCC(O)CNC(=O)Nc1ccccc1C(C)(C)C. The van der Waals surface area contributed by atoms with Crippen molar-refractivity contribution < 1.29 is 14.6 Å². The average molecular weight is 322 g/mol. The van der Waals surface area contributed by atoms with E-state index in [9.17, 15) is 9.90 Å². The second kappa shape index (κ2) is 8.89. The number of anilines is 1. The van der Waals surface area contributed by atoms with Crippen LogP contribution < -0.4 is 10.6 Å². The molecule has 5 nitrogen and oxygen atoms in total. The maximum atomic E-state index is 12.0. The van der Waals surface area contributed by atoms with Gasteiger partial charge in [-0.05, 0) is 23.0 Å². The van der Waals surface area contributed by atoms with Crippen molar-refractivity contribution in [1.29, 1.82) is 0 Å². The summed E-state index contributed by atoms with van der Waals surface area (Å²) in [5, 5.41) is 15.3. The van der Waals surface area contributed by atoms with E-state index in [1.807, 2.05) is 38.1 Å². The first-order chi connectivity index (χ1) is 10.7. The Morgan fingerprint density at radius 1 is 1.22 bits per heavy atom. The molecule has 23 heavy (non-hydrogen) atoms. The predicted molar refractivity (Wildman–Crippen MR) is 93.8 cm³/mol. The molecule has 2 amide bonds. The minimum atomic E-state index is -0.711. The lowest BCUT2D eigenvalue weighted by Gasteiger charge is -2.23. The highest BCUT2D eigenvalue weighted by atomic mass is 16.5. The maximum absolute atomic E-state index is 12.0. The minimum Gasteiger partial charge on any atom is -0.389 e. The number of hydrogen-bond acceptors (Lipinski definition) is 3. The summed E-state index contributed by atoms with van der Waals surface area (Å²) in [6.45, 7) is 11.4. The van der Waals surface area contributed by atoms with E-state index in [2.05, 4.69) is 31.4 Å². The van der Waals surface area contributed by atoms with Crippen LogP contribution in [0.5, 0.6) is 0 Å². The van der Waals surface area contributed by atoms with Gasteiger partial charge in [-0.15, -0.1) is 0 Å². The average Bonchev–Trinajstić information content (AvgIpc) is 2.44. The second-order valence-corrected chi connectivity index (χ2v) is 7.22. The largest absolute Gasteiger partial charge is 0.389 e. The standard InChI is InChI=1S/C18H30N2O3/c1-13(2)11-23-12-14(21)10-19-17(22)20-16-9-7-6-8-15(16)18(3,4)5/h6-9,13-14,21H,10-12H2,1-5H3,(H2,19,20,22). The quantitative estimate of drug-likeness (QED) is 0.722. The summed E-state index contributed by atoms with van der Waals surface area (Å²) in [5.74, 6) is 0.423. The van der Waals surface area contributed by atoms with E-state index in [1.54, 1.807) is 0 Å². The Morgan fingerprint density at radius 3 is 2.48 bits per heavy atom. The number of para-hydroxylation sites is 1. The smallest absolute Gasteiger partial charge is 0.319 e. The number of carbonyl (C=O) groups excluding carboxylic acids is 1. The van der Waals surface area contributed by atoms with Crippen molar-refractivity contribution >= 4 is 11.7 Å². The first-order valence-corrected chi connectivity index (χ1v) is 8.10. The number of aliphatic hydroxyl groups is 1. The van der Waals surface area contributed by atoms with Crippen molar-refractivity contribution in [3.05, 3.63) is 29.8 Å². The Hall–Kier alpha value is -1.59. The molecule has 1 rings (SSSR count). The molecule has 3 N–H and O–H groups in total.